The topological polar surface area (TPSA) is 68.5 Å². The largest absolute Gasteiger partial charge is 0.383 e. The highest BCUT2D eigenvalue weighted by Crippen LogP contribution is 2.06. The van der Waals surface area contributed by atoms with Gasteiger partial charge in [-0.1, -0.05) is 6.07 Å². The average Bonchev–Trinajstić information content (AvgIpc) is 2.29. The SMILES string of the molecule is COCC(N)CN(C)C(=O)c1ncccc1C. The van der Waals surface area contributed by atoms with E-state index < -0.39 is 0 Å². The highest BCUT2D eigenvalue weighted by molar-refractivity contribution is 5.93. The Bertz CT molecular complexity index is 382. The third-order valence-corrected chi connectivity index (χ3v) is 2.45. The zero-order chi connectivity index (χ0) is 12.8. The Morgan fingerprint density at radius 2 is 2.35 bits per heavy atom. The molecule has 0 aliphatic heterocycles. The van der Waals surface area contributed by atoms with Crippen LogP contribution in [-0.4, -0.2) is 49.1 Å². The predicted octanol–water partition coefficient (Wildman–Crippen LogP) is 0.436. The van der Waals surface area contributed by atoms with Crippen molar-refractivity contribution in [1.82, 2.24) is 9.88 Å². The average molecular weight is 237 g/mol. The lowest BCUT2D eigenvalue weighted by molar-refractivity contribution is 0.0758. The van der Waals surface area contributed by atoms with Crippen molar-refractivity contribution < 1.29 is 9.53 Å². The number of methoxy groups -OCH3 is 1. The molecule has 0 radical (unpaired) electrons. The van der Waals surface area contributed by atoms with Crippen LogP contribution in [0.5, 0.6) is 0 Å². The van der Waals surface area contributed by atoms with Crippen molar-refractivity contribution >= 4 is 5.91 Å². The molecule has 1 aromatic rings. The summed E-state index contributed by atoms with van der Waals surface area (Å²) >= 11 is 0. The number of aryl methyl sites for hydroxylation is 1. The van der Waals surface area contributed by atoms with Crippen LogP contribution in [0.25, 0.3) is 0 Å². The van der Waals surface area contributed by atoms with Gasteiger partial charge in [0.05, 0.1) is 6.61 Å². The number of amides is 1. The predicted molar refractivity (Wildman–Crippen MR) is 65.8 cm³/mol. The van der Waals surface area contributed by atoms with Gasteiger partial charge in [0, 0.05) is 32.9 Å². The van der Waals surface area contributed by atoms with Crippen molar-refractivity contribution in [2.45, 2.75) is 13.0 Å². The number of aromatic nitrogens is 1. The molecule has 0 aliphatic carbocycles. The lowest BCUT2D eigenvalue weighted by Gasteiger charge is -2.21. The first kappa shape index (κ1) is 13.6. The van der Waals surface area contributed by atoms with Crippen molar-refractivity contribution in [2.75, 3.05) is 27.3 Å². The molecule has 0 aromatic carbocycles. The molecular weight excluding hydrogens is 218 g/mol. The van der Waals surface area contributed by atoms with Crippen LogP contribution in [0.2, 0.25) is 0 Å². The minimum atomic E-state index is -0.182. The Morgan fingerprint density at radius 1 is 1.65 bits per heavy atom. The van der Waals surface area contributed by atoms with Crippen molar-refractivity contribution in [2.24, 2.45) is 5.73 Å². The van der Waals surface area contributed by atoms with Crippen LogP contribution < -0.4 is 5.73 Å². The molecule has 0 aliphatic rings. The third-order valence-electron chi connectivity index (χ3n) is 2.45. The Morgan fingerprint density at radius 3 is 2.94 bits per heavy atom. The maximum absolute atomic E-state index is 12.1. The van der Waals surface area contributed by atoms with E-state index in [2.05, 4.69) is 4.98 Å². The molecule has 5 nitrogen and oxygen atoms in total. The first-order chi connectivity index (χ1) is 8.06. The van der Waals surface area contributed by atoms with Crippen molar-refractivity contribution in [3.05, 3.63) is 29.6 Å². The van der Waals surface area contributed by atoms with E-state index in [4.69, 9.17) is 10.5 Å². The number of nitrogens with zero attached hydrogens (tertiary/aromatic N) is 2. The minimum absolute atomic E-state index is 0.116. The van der Waals surface area contributed by atoms with Crippen molar-refractivity contribution in [3.63, 3.8) is 0 Å². The Labute approximate surface area is 102 Å². The van der Waals surface area contributed by atoms with Crippen LogP contribution in [0.15, 0.2) is 18.3 Å². The summed E-state index contributed by atoms with van der Waals surface area (Å²) in [5.41, 5.74) is 7.14. The van der Waals surface area contributed by atoms with Gasteiger partial charge in [-0.15, -0.1) is 0 Å². The Hall–Kier alpha value is -1.46. The fourth-order valence-corrected chi connectivity index (χ4v) is 1.59. The molecule has 5 heteroatoms. The fourth-order valence-electron chi connectivity index (χ4n) is 1.59. The number of ether oxygens (including phenoxy) is 1. The van der Waals surface area contributed by atoms with Crippen LogP contribution in [0, 0.1) is 6.92 Å². The maximum Gasteiger partial charge on any atom is 0.272 e. The van der Waals surface area contributed by atoms with E-state index in [9.17, 15) is 4.79 Å². The maximum atomic E-state index is 12.1. The molecule has 2 N–H and O–H groups in total. The van der Waals surface area contributed by atoms with Gasteiger partial charge < -0.3 is 15.4 Å². The molecule has 94 valence electrons. The van der Waals surface area contributed by atoms with Crippen LogP contribution in [0.4, 0.5) is 0 Å². The number of likely N-dealkylation sites (N-methyl/N-ethyl adjacent to an activating group) is 1. The molecule has 0 saturated carbocycles. The van der Waals surface area contributed by atoms with Crippen LogP contribution in [0.3, 0.4) is 0 Å². The van der Waals surface area contributed by atoms with Gasteiger partial charge >= 0.3 is 0 Å². The zero-order valence-corrected chi connectivity index (χ0v) is 10.5. The molecule has 1 atom stereocenters. The Kier molecular flexibility index (Phi) is 5.06. The summed E-state index contributed by atoms with van der Waals surface area (Å²) in [6.45, 7) is 2.74. The van der Waals surface area contributed by atoms with Crippen LogP contribution in [0.1, 0.15) is 16.1 Å². The molecule has 0 saturated heterocycles. The summed E-state index contributed by atoms with van der Waals surface area (Å²) in [5.74, 6) is -0.116. The molecule has 0 fully saturated rings. The summed E-state index contributed by atoms with van der Waals surface area (Å²) < 4.78 is 4.94. The fraction of sp³-hybridized carbons (Fsp3) is 0.500. The van der Waals surface area contributed by atoms with E-state index >= 15 is 0 Å². The summed E-state index contributed by atoms with van der Waals surface area (Å²) in [5, 5.41) is 0. The second-order valence-electron chi connectivity index (χ2n) is 4.07. The third kappa shape index (κ3) is 3.80. The minimum Gasteiger partial charge on any atom is -0.383 e. The van der Waals surface area contributed by atoms with E-state index in [1.807, 2.05) is 19.1 Å². The molecule has 0 bridgehead atoms. The van der Waals surface area contributed by atoms with Gasteiger partial charge in [0.25, 0.3) is 5.91 Å². The molecule has 0 spiro atoms. The first-order valence-corrected chi connectivity index (χ1v) is 5.48. The van der Waals surface area contributed by atoms with Gasteiger partial charge in [-0.25, -0.2) is 0 Å². The second kappa shape index (κ2) is 6.32. The number of carbonyl (C=O) groups excluding carboxylic acids is 1. The first-order valence-electron chi connectivity index (χ1n) is 5.48. The van der Waals surface area contributed by atoms with Gasteiger partial charge in [0.1, 0.15) is 5.69 Å². The molecule has 1 aromatic heterocycles. The molecule has 1 unspecified atom stereocenters. The Balaban J connectivity index is 2.67. The zero-order valence-electron chi connectivity index (χ0n) is 10.5. The van der Waals surface area contributed by atoms with Gasteiger partial charge in [0.2, 0.25) is 0 Å². The molecular formula is C12H19N3O2. The lowest BCUT2D eigenvalue weighted by Crippen LogP contribution is -2.41. The normalized spacial score (nSPS) is 12.2. The lowest BCUT2D eigenvalue weighted by atomic mass is 10.2. The highest BCUT2D eigenvalue weighted by atomic mass is 16.5. The van der Waals surface area contributed by atoms with Gasteiger partial charge in [-0.3, -0.25) is 9.78 Å². The monoisotopic (exact) mass is 237 g/mol. The molecule has 1 amide bonds. The van der Waals surface area contributed by atoms with E-state index in [-0.39, 0.29) is 11.9 Å². The number of hydrogen-bond donors (Lipinski definition) is 1. The van der Waals surface area contributed by atoms with Gasteiger partial charge in [-0.2, -0.15) is 0 Å². The smallest absolute Gasteiger partial charge is 0.272 e. The summed E-state index contributed by atoms with van der Waals surface area (Å²) in [6.07, 6.45) is 1.61. The van der Waals surface area contributed by atoms with E-state index in [0.29, 0.717) is 18.8 Å². The number of pyridine rings is 1. The number of nitrogens with two attached hydrogens (primary N) is 1. The van der Waals surface area contributed by atoms with E-state index in [0.717, 1.165) is 5.56 Å². The van der Waals surface area contributed by atoms with E-state index in [1.54, 1.807) is 25.3 Å². The standard InChI is InChI=1S/C12H19N3O2/c1-9-5-4-6-14-11(9)12(16)15(2)7-10(13)8-17-3/h4-6,10H,7-8,13H2,1-3H3. The summed E-state index contributed by atoms with van der Waals surface area (Å²) in [7, 11) is 3.30. The van der Waals surface area contributed by atoms with Crippen LogP contribution >= 0.6 is 0 Å². The second-order valence-corrected chi connectivity index (χ2v) is 4.07. The molecule has 17 heavy (non-hydrogen) atoms. The number of rotatable bonds is 5. The van der Waals surface area contributed by atoms with Gasteiger partial charge in [-0.05, 0) is 18.6 Å². The summed E-state index contributed by atoms with van der Waals surface area (Å²) in [6, 6.07) is 3.49. The molecule has 1 heterocycles. The van der Waals surface area contributed by atoms with Crippen molar-refractivity contribution in [1.29, 1.82) is 0 Å². The number of hydrogen-bond acceptors (Lipinski definition) is 4. The quantitative estimate of drug-likeness (QED) is 0.806. The van der Waals surface area contributed by atoms with Crippen LogP contribution in [-0.2, 0) is 4.74 Å². The highest BCUT2D eigenvalue weighted by Gasteiger charge is 2.17. The van der Waals surface area contributed by atoms with Gasteiger partial charge in [0.15, 0.2) is 0 Å². The van der Waals surface area contributed by atoms with E-state index in [1.165, 1.54) is 0 Å². The molecule has 1 rings (SSSR count). The number of carbonyl (C=O) groups is 1. The summed E-state index contributed by atoms with van der Waals surface area (Å²) in [4.78, 5) is 17.7. The van der Waals surface area contributed by atoms with Crippen molar-refractivity contribution in [3.8, 4) is 0 Å².